The molecule has 1 saturated heterocycles. The molecule has 0 amide bonds. The van der Waals surface area contributed by atoms with Crippen LogP contribution in [0.3, 0.4) is 0 Å². The molecule has 0 bridgehead atoms. The quantitative estimate of drug-likeness (QED) is 0.907. The van der Waals surface area contributed by atoms with Gasteiger partial charge in [0.05, 0.1) is 11.0 Å². The van der Waals surface area contributed by atoms with Crippen LogP contribution in [0.2, 0.25) is 0 Å². The van der Waals surface area contributed by atoms with E-state index < -0.39 is 16.1 Å². The van der Waals surface area contributed by atoms with Crippen molar-refractivity contribution in [2.24, 2.45) is 0 Å². The first kappa shape index (κ1) is 12.6. The molecule has 2 aromatic rings. The zero-order valence-electron chi connectivity index (χ0n) is 10.4. The maximum Gasteiger partial charge on any atom is 0.243 e. The van der Waals surface area contributed by atoms with Crippen LogP contribution < -0.4 is 0 Å². The number of sulfonamides is 1. The zero-order valence-corrected chi connectivity index (χ0v) is 11.2. The number of rotatable bonds is 2. The zero-order chi connectivity index (χ0) is 13.5. The molecule has 1 heterocycles. The fraction of sp³-hybridized carbons (Fsp3) is 0.286. The van der Waals surface area contributed by atoms with Gasteiger partial charge in [0.25, 0.3) is 0 Å². The van der Waals surface area contributed by atoms with Crippen molar-refractivity contribution in [2.45, 2.75) is 17.4 Å². The Kier molecular flexibility index (Phi) is 3.05. The average molecular weight is 277 g/mol. The van der Waals surface area contributed by atoms with Crippen molar-refractivity contribution in [3.8, 4) is 0 Å². The molecule has 1 aliphatic rings. The minimum absolute atomic E-state index is 0.190. The molecule has 5 heteroatoms. The molecule has 2 aromatic carbocycles. The summed E-state index contributed by atoms with van der Waals surface area (Å²) in [5.41, 5.74) is 0. The van der Waals surface area contributed by atoms with Crippen LogP contribution in [0.15, 0.2) is 47.4 Å². The van der Waals surface area contributed by atoms with Gasteiger partial charge in [0.15, 0.2) is 0 Å². The van der Waals surface area contributed by atoms with Crippen molar-refractivity contribution in [1.29, 1.82) is 0 Å². The Morgan fingerprint density at radius 3 is 2.53 bits per heavy atom. The molecule has 19 heavy (non-hydrogen) atoms. The van der Waals surface area contributed by atoms with Gasteiger partial charge in [-0.05, 0) is 29.3 Å². The van der Waals surface area contributed by atoms with Crippen molar-refractivity contribution in [3.63, 3.8) is 0 Å². The normalized spacial score (nSPS) is 21.0. The van der Waals surface area contributed by atoms with Crippen molar-refractivity contribution < 1.29 is 13.5 Å². The molecule has 0 radical (unpaired) electrons. The third-order valence-corrected chi connectivity index (χ3v) is 5.35. The van der Waals surface area contributed by atoms with Crippen molar-refractivity contribution >= 4 is 20.8 Å². The van der Waals surface area contributed by atoms with Gasteiger partial charge in [-0.25, -0.2) is 8.42 Å². The molecular formula is C14H15NO3S. The van der Waals surface area contributed by atoms with E-state index in [0.717, 1.165) is 10.8 Å². The first-order chi connectivity index (χ1) is 9.07. The predicted molar refractivity (Wildman–Crippen MR) is 73.3 cm³/mol. The first-order valence-electron chi connectivity index (χ1n) is 6.24. The standard InChI is InChI=1S/C14H15NO3S/c16-13-7-8-15(10-13)19(17,18)14-6-5-11-3-1-2-4-12(11)9-14/h1-6,9,13,16H,7-8,10H2/t13-/m1/s1. The minimum atomic E-state index is -3.49. The summed E-state index contributed by atoms with van der Waals surface area (Å²) in [5.74, 6) is 0. The lowest BCUT2D eigenvalue weighted by Gasteiger charge is -2.16. The summed E-state index contributed by atoms with van der Waals surface area (Å²) in [6.07, 6.45) is -0.0393. The van der Waals surface area contributed by atoms with Gasteiger partial charge in [-0.15, -0.1) is 0 Å². The molecule has 4 nitrogen and oxygen atoms in total. The van der Waals surface area contributed by atoms with Gasteiger partial charge >= 0.3 is 0 Å². The molecule has 3 rings (SSSR count). The van der Waals surface area contributed by atoms with Crippen molar-refractivity contribution in [3.05, 3.63) is 42.5 Å². The number of benzene rings is 2. The Labute approximate surface area is 112 Å². The third-order valence-electron chi connectivity index (χ3n) is 3.48. The summed E-state index contributed by atoms with van der Waals surface area (Å²) in [4.78, 5) is 0.292. The van der Waals surface area contributed by atoms with E-state index in [-0.39, 0.29) is 6.54 Å². The van der Waals surface area contributed by atoms with Crippen LogP contribution >= 0.6 is 0 Å². The summed E-state index contributed by atoms with van der Waals surface area (Å²) in [6, 6.07) is 12.8. The van der Waals surface area contributed by atoms with Crippen LogP contribution in [-0.4, -0.2) is 37.0 Å². The molecule has 100 valence electrons. The monoisotopic (exact) mass is 277 g/mol. The molecular weight excluding hydrogens is 262 g/mol. The number of aliphatic hydroxyl groups is 1. The third kappa shape index (κ3) is 2.25. The van der Waals surface area contributed by atoms with Gasteiger partial charge in [0.1, 0.15) is 0 Å². The van der Waals surface area contributed by atoms with Crippen LogP contribution in [-0.2, 0) is 10.0 Å². The smallest absolute Gasteiger partial charge is 0.243 e. The summed E-state index contributed by atoms with van der Waals surface area (Å²) in [6.45, 7) is 0.575. The second-order valence-corrected chi connectivity index (χ2v) is 6.75. The largest absolute Gasteiger partial charge is 0.392 e. The SMILES string of the molecule is O=S(=O)(c1ccc2ccccc2c1)N1CC[C@@H](O)C1. The van der Waals surface area contributed by atoms with Gasteiger partial charge < -0.3 is 5.11 Å². The molecule has 1 fully saturated rings. The van der Waals surface area contributed by atoms with E-state index in [1.54, 1.807) is 12.1 Å². The summed E-state index contributed by atoms with van der Waals surface area (Å²) in [5, 5.41) is 11.4. The minimum Gasteiger partial charge on any atom is -0.392 e. The molecule has 0 saturated carbocycles. The number of hydrogen-bond donors (Lipinski definition) is 1. The first-order valence-corrected chi connectivity index (χ1v) is 7.68. The Balaban J connectivity index is 2.03. The molecule has 0 unspecified atom stereocenters. The number of fused-ring (bicyclic) bond motifs is 1. The van der Waals surface area contributed by atoms with Gasteiger partial charge in [-0.1, -0.05) is 30.3 Å². The van der Waals surface area contributed by atoms with E-state index >= 15 is 0 Å². The van der Waals surface area contributed by atoms with E-state index in [2.05, 4.69) is 0 Å². The highest BCUT2D eigenvalue weighted by atomic mass is 32.2. The van der Waals surface area contributed by atoms with Crippen molar-refractivity contribution in [1.82, 2.24) is 4.31 Å². The number of nitrogens with zero attached hydrogens (tertiary/aromatic N) is 1. The van der Waals surface area contributed by atoms with E-state index in [1.165, 1.54) is 4.31 Å². The Morgan fingerprint density at radius 1 is 1.11 bits per heavy atom. The summed E-state index contributed by atoms with van der Waals surface area (Å²) in [7, 11) is -3.49. The molecule has 0 spiro atoms. The topological polar surface area (TPSA) is 57.6 Å². The highest BCUT2D eigenvalue weighted by Crippen LogP contribution is 2.24. The van der Waals surface area contributed by atoms with Crippen LogP contribution in [0.4, 0.5) is 0 Å². The van der Waals surface area contributed by atoms with Crippen molar-refractivity contribution in [2.75, 3.05) is 13.1 Å². The molecule has 1 atom stereocenters. The highest BCUT2D eigenvalue weighted by molar-refractivity contribution is 7.89. The molecule has 0 aromatic heterocycles. The molecule has 1 N–H and O–H groups in total. The van der Waals surface area contributed by atoms with E-state index in [9.17, 15) is 13.5 Å². The number of β-amino-alcohol motifs (C(OH)–C–C–N with tert-alkyl or cyclic N) is 1. The second-order valence-electron chi connectivity index (χ2n) is 4.81. The number of hydrogen-bond acceptors (Lipinski definition) is 3. The lowest BCUT2D eigenvalue weighted by molar-refractivity contribution is 0.189. The fourth-order valence-electron chi connectivity index (χ4n) is 2.41. The predicted octanol–water partition coefficient (Wildman–Crippen LogP) is 1.60. The van der Waals surface area contributed by atoms with E-state index in [4.69, 9.17) is 0 Å². The van der Waals surface area contributed by atoms with Gasteiger partial charge in [-0.3, -0.25) is 0 Å². The average Bonchev–Trinajstić information content (AvgIpc) is 2.85. The van der Waals surface area contributed by atoms with Gasteiger partial charge in [0, 0.05) is 13.1 Å². The second kappa shape index (κ2) is 4.59. The van der Waals surface area contributed by atoms with Crippen LogP contribution in [0.1, 0.15) is 6.42 Å². The molecule has 1 aliphatic heterocycles. The van der Waals surface area contributed by atoms with Gasteiger partial charge in [-0.2, -0.15) is 4.31 Å². The summed E-state index contributed by atoms with van der Waals surface area (Å²) >= 11 is 0. The number of aliphatic hydroxyl groups excluding tert-OH is 1. The van der Waals surface area contributed by atoms with E-state index in [1.807, 2.05) is 30.3 Å². The van der Waals surface area contributed by atoms with Crippen LogP contribution in [0.5, 0.6) is 0 Å². The Bertz CT molecular complexity index is 711. The highest BCUT2D eigenvalue weighted by Gasteiger charge is 2.31. The lowest BCUT2D eigenvalue weighted by atomic mass is 10.1. The van der Waals surface area contributed by atoms with E-state index in [0.29, 0.717) is 17.9 Å². The molecule has 0 aliphatic carbocycles. The van der Waals surface area contributed by atoms with Crippen LogP contribution in [0.25, 0.3) is 10.8 Å². The lowest BCUT2D eigenvalue weighted by Crippen LogP contribution is -2.29. The van der Waals surface area contributed by atoms with Gasteiger partial charge in [0.2, 0.25) is 10.0 Å². The maximum absolute atomic E-state index is 12.4. The maximum atomic E-state index is 12.4. The fourth-order valence-corrected chi connectivity index (χ4v) is 3.93. The Hall–Kier alpha value is -1.43. The summed E-state index contributed by atoms with van der Waals surface area (Å²) < 4.78 is 26.2. The Morgan fingerprint density at radius 2 is 1.84 bits per heavy atom. The van der Waals surface area contributed by atoms with Crippen LogP contribution in [0, 0.1) is 0 Å².